The van der Waals surface area contributed by atoms with Crippen LogP contribution in [0.3, 0.4) is 0 Å². The number of nitrogens with zero attached hydrogens (tertiary/aromatic N) is 2. The van der Waals surface area contributed by atoms with Gasteiger partial charge in [-0.15, -0.1) is 12.4 Å². The van der Waals surface area contributed by atoms with Crippen LogP contribution in [0.15, 0.2) is 18.2 Å². The first kappa shape index (κ1) is 21.3. The first-order valence-corrected chi connectivity index (χ1v) is 9.45. The van der Waals surface area contributed by atoms with E-state index < -0.39 is 5.92 Å². The number of anilines is 1. The van der Waals surface area contributed by atoms with Crippen molar-refractivity contribution >= 4 is 53.1 Å². The second-order valence-corrected chi connectivity index (χ2v) is 7.79. The van der Waals surface area contributed by atoms with Gasteiger partial charge in [-0.25, -0.2) is 0 Å². The van der Waals surface area contributed by atoms with Crippen LogP contribution in [0.4, 0.5) is 5.69 Å². The molecule has 5 nitrogen and oxygen atoms in total. The molecule has 2 fully saturated rings. The zero-order valence-corrected chi connectivity index (χ0v) is 17.0. The van der Waals surface area contributed by atoms with Crippen molar-refractivity contribution < 1.29 is 9.59 Å². The summed E-state index contributed by atoms with van der Waals surface area (Å²) in [5, 5.41) is 0.841. The van der Waals surface area contributed by atoms with Crippen LogP contribution in [0, 0.1) is 11.8 Å². The van der Waals surface area contributed by atoms with Crippen LogP contribution < -0.4 is 10.6 Å². The van der Waals surface area contributed by atoms with Crippen molar-refractivity contribution in [3.05, 3.63) is 28.2 Å². The summed E-state index contributed by atoms with van der Waals surface area (Å²) in [4.78, 5) is 29.2. The lowest BCUT2D eigenvalue weighted by Crippen LogP contribution is -2.52. The van der Waals surface area contributed by atoms with Gasteiger partial charge in [0.05, 0.1) is 10.0 Å². The predicted octanol–water partition coefficient (Wildman–Crippen LogP) is 3.35. The predicted molar refractivity (Wildman–Crippen MR) is 107 cm³/mol. The van der Waals surface area contributed by atoms with Crippen LogP contribution in [0.25, 0.3) is 0 Å². The van der Waals surface area contributed by atoms with Crippen molar-refractivity contribution in [2.24, 2.45) is 17.6 Å². The molecular weight excluding hydrogens is 397 g/mol. The van der Waals surface area contributed by atoms with Crippen molar-refractivity contribution in [1.82, 2.24) is 4.90 Å². The zero-order chi connectivity index (χ0) is 18.1. The molecule has 2 aliphatic rings. The number of hydrogen-bond donors (Lipinski definition) is 1. The summed E-state index contributed by atoms with van der Waals surface area (Å²) in [6, 6.07) is 5.12. The summed E-state index contributed by atoms with van der Waals surface area (Å²) in [5.74, 6) is -0.325. The molecule has 2 heterocycles. The highest BCUT2D eigenvalue weighted by molar-refractivity contribution is 6.42. The van der Waals surface area contributed by atoms with E-state index in [1.54, 1.807) is 23.1 Å². The number of benzene rings is 1. The third kappa shape index (κ3) is 4.11. The van der Waals surface area contributed by atoms with E-state index in [0.29, 0.717) is 47.7 Å². The number of piperidine rings is 1. The van der Waals surface area contributed by atoms with Crippen molar-refractivity contribution in [3.8, 4) is 0 Å². The van der Waals surface area contributed by atoms with E-state index in [2.05, 4.69) is 6.92 Å². The summed E-state index contributed by atoms with van der Waals surface area (Å²) >= 11 is 12.0. The van der Waals surface area contributed by atoms with Gasteiger partial charge in [-0.05, 0) is 43.4 Å². The van der Waals surface area contributed by atoms with Gasteiger partial charge in [-0.2, -0.15) is 0 Å². The normalized spacial score (nSPS) is 26.0. The molecular formula is C18H24Cl3N3O2. The van der Waals surface area contributed by atoms with Gasteiger partial charge in [-0.1, -0.05) is 30.1 Å². The maximum atomic E-state index is 13.0. The summed E-state index contributed by atoms with van der Waals surface area (Å²) in [6.07, 6.45) is 2.38. The van der Waals surface area contributed by atoms with Gasteiger partial charge in [0.2, 0.25) is 11.8 Å². The molecule has 8 heteroatoms. The van der Waals surface area contributed by atoms with Crippen LogP contribution in [0.2, 0.25) is 10.0 Å². The fourth-order valence-electron chi connectivity index (χ4n) is 3.78. The molecule has 2 saturated heterocycles. The van der Waals surface area contributed by atoms with E-state index in [0.717, 1.165) is 12.8 Å². The second kappa shape index (κ2) is 8.79. The summed E-state index contributed by atoms with van der Waals surface area (Å²) < 4.78 is 0. The van der Waals surface area contributed by atoms with E-state index in [1.165, 1.54) is 0 Å². The number of nitrogens with two attached hydrogens (primary N) is 1. The van der Waals surface area contributed by atoms with Gasteiger partial charge >= 0.3 is 0 Å². The van der Waals surface area contributed by atoms with Gasteiger partial charge < -0.3 is 15.5 Å². The summed E-state index contributed by atoms with van der Waals surface area (Å²) in [7, 11) is 0. The number of carbonyl (C=O) groups is 2. The van der Waals surface area contributed by atoms with Crippen LogP contribution in [-0.4, -0.2) is 42.4 Å². The Morgan fingerprint density at radius 3 is 2.62 bits per heavy atom. The van der Waals surface area contributed by atoms with Crippen molar-refractivity contribution in [1.29, 1.82) is 0 Å². The highest BCUT2D eigenvalue weighted by Crippen LogP contribution is 2.33. The fourth-order valence-corrected chi connectivity index (χ4v) is 4.08. The number of hydrogen-bond acceptors (Lipinski definition) is 3. The van der Waals surface area contributed by atoms with E-state index in [4.69, 9.17) is 28.9 Å². The minimum Gasteiger partial charge on any atom is -0.338 e. The molecule has 3 atom stereocenters. The monoisotopic (exact) mass is 419 g/mol. The molecule has 144 valence electrons. The summed E-state index contributed by atoms with van der Waals surface area (Å²) in [6.45, 7) is 3.80. The van der Waals surface area contributed by atoms with E-state index in [1.807, 2.05) is 4.90 Å². The molecule has 0 aromatic heterocycles. The lowest BCUT2D eigenvalue weighted by atomic mass is 9.91. The Morgan fingerprint density at radius 1 is 1.23 bits per heavy atom. The van der Waals surface area contributed by atoms with Crippen molar-refractivity contribution in [2.75, 3.05) is 24.5 Å². The lowest BCUT2D eigenvalue weighted by Gasteiger charge is -2.39. The number of amides is 2. The molecule has 0 spiro atoms. The third-order valence-corrected chi connectivity index (χ3v) is 5.99. The quantitative estimate of drug-likeness (QED) is 0.763. The van der Waals surface area contributed by atoms with Gasteiger partial charge in [-0.3, -0.25) is 9.59 Å². The Hall–Kier alpha value is -1.01. The lowest BCUT2D eigenvalue weighted by molar-refractivity contribution is -0.143. The summed E-state index contributed by atoms with van der Waals surface area (Å²) in [5.41, 5.74) is 6.54. The van der Waals surface area contributed by atoms with Crippen molar-refractivity contribution in [2.45, 2.75) is 32.2 Å². The number of carbonyl (C=O) groups excluding carboxylic acids is 2. The van der Waals surface area contributed by atoms with Crippen LogP contribution in [0.5, 0.6) is 0 Å². The molecule has 1 aromatic rings. The Morgan fingerprint density at radius 2 is 1.96 bits per heavy atom. The topological polar surface area (TPSA) is 66.6 Å². The molecule has 2 amide bonds. The standard InChI is InChI=1S/C18H23Cl2N3O2.ClH/c1-11-4-6-23(13(8-11)10-21)18(25)14-5-7-22(17(14)24)12-2-3-15(19)16(20)9-12;/h2-3,9,11,13-14H,4-8,10,21H2,1H3;1H. The molecule has 1 aromatic carbocycles. The molecule has 0 aliphatic carbocycles. The number of rotatable bonds is 3. The van der Waals surface area contributed by atoms with Gasteiger partial charge in [0.15, 0.2) is 0 Å². The highest BCUT2D eigenvalue weighted by atomic mass is 35.5. The number of halogens is 3. The Labute approximate surface area is 170 Å². The molecule has 26 heavy (non-hydrogen) atoms. The molecule has 2 aliphatic heterocycles. The van der Waals surface area contributed by atoms with Gasteiger partial charge in [0.25, 0.3) is 0 Å². The minimum atomic E-state index is -0.628. The second-order valence-electron chi connectivity index (χ2n) is 6.98. The van der Waals surface area contributed by atoms with Gasteiger partial charge in [0, 0.05) is 31.4 Å². The first-order chi connectivity index (χ1) is 11.9. The van der Waals surface area contributed by atoms with Gasteiger partial charge in [0.1, 0.15) is 5.92 Å². The largest absolute Gasteiger partial charge is 0.338 e. The third-order valence-electron chi connectivity index (χ3n) is 5.25. The maximum absolute atomic E-state index is 13.0. The Kier molecular flexibility index (Phi) is 7.19. The molecule has 0 radical (unpaired) electrons. The minimum absolute atomic E-state index is 0. The molecule has 3 unspecified atom stereocenters. The van der Waals surface area contributed by atoms with Crippen molar-refractivity contribution in [3.63, 3.8) is 0 Å². The average Bonchev–Trinajstić information content (AvgIpc) is 2.98. The number of likely N-dealkylation sites (tertiary alicyclic amines) is 1. The smallest absolute Gasteiger partial charge is 0.239 e. The van der Waals surface area contributed by atoms with E-state index in [-0.39, 0.29) is 30.3 Å². The van der Waals surface area contributed by atoms with Crippen LogP contribution in [-0.2, 0) is 9.59 Å². The maximum Gasteiger partial charge on any atom is 0.239 e. The first-order valence-electron chi connectivity index (χ1n) is 8.69. The molecule has 2 N–H and O–H groups in total. The molecule has 0 saturated carbocycles. The zero-order valence-electron chi connectivity index (χ0n) is 14.7. The van der Waals surface area contributed by atoms with Crippen LogP contribution >= 0.6 is 35.6 Å². The van der Waals surface area contributed by atoms with Crippen LogP contribution in [0.1, 0.15) is 26.2 Å². The molecule has 3 rings (SSSR count). The Bertz CT molecular complexity index is 686. The van der Waals surface area contributed by atoms with E-state index in [9.17, 15) is 9.59 Å². The fraction of sp³-hybridized carbons (Fsp3) is 0.556. The SMILES string of the molecule is CC1CCN(C(=O)C2CCN(c3ccc(Cl)c(Cl)c3)C2=O)C(CN)C1.Cl. The molecule has 0 bridgehead atoms. The van der Waals surface area contributed by atoms with E-state index >= 15 is 0 Å². The highest BCUT2D eigenvalue weighted by Gasteiger charge is 2.42. The average molecular weight is 421 g/mol. The Balaban J connectivity index is 0.00000243.